The topological polar surface area (TPSA) is 95.6 Å². The Hall–Kier alpha value is -1.71. The number of carbonyl (C=O) groups excluding carboxylic acids is 2. The fraction of sp³-hybridized carbons (Fsp3) is 0.556. The Morgan fingerprint density at radius 1 is 1.32 bits per heavy atom. The molecule has 28 heavy (non-hydrogen) atoms. The van der Waals surface area contributed by atoms with Crippen molar-refractivity contribution in [3.05, 3.63) is 29.0 Å². The van der Waals surface area contributed by atoms with E-state index in [0.29, 0.717) is 19.4 Å². The van der Waals surface area contributed by atoms with Gasteiger partial charge in [-0.05, 0) is 44.4 Å². The number of nitrogens with one attached hydrogen (secondary N) is 2. The SMILES string of the molecule is CCCNC(=O)C(C)NC(=O)C1CCN(S(=O)(=O)c2ccc(F)c(Cl)c2)CC1. The monoisotopic (exact) mass is 433 g/mol. The van der Waals surface area contributed by atoms with Gasteiger partial charge in [-0.1, -0.05) is 18.5 Å². The van der Waals surface area contributed by atoms with Crippen LogP contribution in [-0.2, 0) is 19.6 Å². The van der Waals surface area contributed by atoms with Crippen molar-refractivity contribution in [3.8, 4) is 0 Å². The fourth-order valence-electron chi connectivity index (χ4n) is 2.94. The van der Waals surface area contributed by atoms with Crippen LogP contribution >= 0.6 is 11.6 Å². The number of hydrogen-bond acceptors (Lipinski definition) is 4. The molecular formula is C18H25ClFN3O4S. The van der Waals surface area contributed by atoms with Crippen LogP contribution in [-0.4, -0.2) is 50.2 Å². The van der Waals surface area contributed by atoms with Gasteiger partial charge in [0.25, 0.3) is 0 Å². The summed E-state index contributed by atoms with van der Waals surface area (Å²) in [5.41, 5.74) is 0. The third kappa shape index (κ3) is 5.42. The summed E-state index contributed by atoms with van der Waals surface area (Å²) in [6, 6.07) is 2.62. The predicted octanol–water partition coefficient (Wildman–Crippen LogP) is 1.91. The van der Waals surface area contributed by atoms with Crippen molar-refractivity contribution in [1.82, 2.24) is 14.9 Å². The molecule has 0 spiro atoms. The number of rotatable bonds is 7. The minimum absolute atomic E-state index is 0.0805. The Kier molecular flexibility index (Phi) is 7.79. The Morgan fingerprint density at radius 2 is 1.96 bits per heavy atom. The Bertz CT molecular complexity index is 826. The highest BCUT2D eigenvalue weighted by atomic mass is 35.5. The molecule has 7 nitrogen and oxygen atoms in total. The molecule has 0 radical (unpaired) electrons. The van der Waals surface area contributed by atoms with E-state index in [0.717, 1.165) is 18.6 Å². The average molecular weight is 434 g/mol. The van der Waals surface area contributed by atoms with Crippen LogP contribution in [0.3, 0.4) is 0 Å². The molecule has 0 aliphatic carbocycles. The summed E-state index contributed by atoms with van der Waals surface area (Å²) in [6.07, 6.45) is 1.48. The van der Waals surface area contributed by atoms with E-state index in [2.05, 4.69) is 10.6 Å². The van der Waals surface area contributed by atoms with Crippen molar-refractivity contribution < 1.29 is 22.4 Å². The smallest absolute Gasteiger partial charge is 0.243 e. The van der Waals surface area contributed by atoms with E-state index in [9.17, 15) is 22.4 Å². The van der Waals surface area contributed by atoms with Gasteiger partial charge < -0.3 is 10.6 Å². The zero-order chi connectivity index (χ0) is 20.9. The lowest BCUT2D eigenvalue weighted by Crippen LogP contribution is -2.49. The number of benzene rings is 1. The average Bonchev–Trinajstić information content (AvgIpc) is 2.68. The molecule has 0 aromatic heterocycles. The van der Waals surface area contributed by atoms with Crippen LogP contribution in [0.15, 0.2) is 23.1 Å². The number of nitrogens with zero attached hydrogens (tertiary/aromatic N) is 1. The normalized spacial score (nSPS) is 17.1. The van der Waals surface area contributed by atoms with Gasteiger partial charge in [-0.3, -0.25) is 9.59 Å². The fourth-order valence-corrected chi connectivity index (χ4v) is 4.68. The van der Waals surface area contributed by atoms with Crippen molar-refractivity contribution in [2.45, 2.75) is 44.0 Å². The largest absolute Gasteiger partial charge is 0.354 e. The maximum absolute atomic E-state index is 13.3. The van der Waals surface area contributed by atoms with Gasteiger partial charge in [-0.2, -0.15) is 4.31 Å². The lowest BCUT2D eigenvalue weighted by molar-refractivity contribution is -0.131. The van der Waals surface area contributed by atoms with E-state index < -0.39 is 21.9 Å². The maximum atomic E-state index is 13.3. The Labute approximate surface area is 169 Å². The number of carbonyl (C=O) groups is 2. The molecule has 0 bridgehead atoms. The zero-order valence-corrected chi connectivity index (χ0v) is 17.4. The molecule has 1 aliphatic heterocycles. The first-order valence-corrected chi connectivity index (χ1v) is 11.0. The van der Waals surface area contributed by atoms with E-state index in [-0.39, 0.29) is 40.7 Å². The second-order valence-electron chi connectivity index (χ2n) is 6.78. The van der Waals surface area contributed by atoms with Gasteiger partial charge in [-0.15, -0.1) is 0 Å². The van der Waals surface area contributed by atoms with Crippen LogP contribution in [0.5, 0.6) is 0 Å². The number of piperidine rings is 1. The zero-order valence-electron chi connectivity index (χ0n) is 15.9. The van der Waals surface area contributed by atoms with Gasteiger partial charge in [0.15, 0.2) is 0 Å². The first-order chi connectivity index (χ1) is 13.2. The highest BCUT2D eigenvalue weighted by Crippen LogP contribution is 2.26. The molecule has 10 heteroatoms. The van der Waals surface area contributed by atoms with Crippen LogP contribution in [0.4, 0.5) is 4.39 Å². The number of amides is 2. The van der Waals surface area contributed by atoms with Crippen molar-refractivity contribution in [2.75, 3.05) is 19.6 Å². The highest BCUT2D eigenvalue weighted by molar-refractivity contribution is 7.89. The lowest BCUT2D eigenvalue weighted by Gasteiger charge is -2.31. The quantitative estimate of drug-likeness (QED) is 0.686. The van der Waals surface area contributed by atoms with Crippen molar-refractivity contribution >= 4 is 33.4 Å². The predicted molar refractivity (Wildman–Crippen MR) is 104 cm³/mol. The van der Waals surface area contributed by atoms with E-state index >= 15 is 0 Å². The molecule has 1 fully saturated rings. The molecule has 0 saturated carbocycles. The molecule has 1 aliphatic rings. The second-order valence-corrected chi connectivity index (χ2v) is 9.12. The number of halogens is 2. The standard InChI is InChI=1S/C18H25ClFN3O4S/c1-3-8-21-17(24)12(2)22-18(25)13-6-9-23(10-7-13)28(26,27)14-4-5-16(20)15(19)11-14/h4-5,11-13H,3,6-10H2,1-2H3,(H,21,24)(H,22,25). The molecule has 1 aromatic rings. The molecule has 1 unspecified atom stereocenters. The first kappa shape index (κ1) is 22.6. The second kappa shape index (κ2) is 9.67. The van der Waals surface area contributed by atoms with Crippen LogP contribution in [0.25, 0.3) is 0 Å². The molecule has 2 rings (SSSR count). The molecule has 2 N–H and O–H groups in total. The van der Waals surface area contributed by atoms with Crippen molar-refractivity contribution in [1.29, 1.82) is 0 Å². The van der Waals surface area contributed by atoms with E-state index in [4.69, 9.17) is 11.6 Å². The number of sulfonamides is 1. The van der Waals surface area contributed by atoms with E-state index in [1.165, 1.54) is 10.4 Å². The van der Waals surface area contributed by atoms with Crippen LogP contribution in [0.2, 0.25) is 5.02 Å². The van der Waals surface area contributed by atoms with Gasteiger partial charge >= 0.3 is 0 Å². The highest BCUT2D eigenvalue weighted by Gasteiger charge is 2.33. The molecule has 1 heterocycles. The number of hydrogen-bond donors (Lipinski definition) is 2. The maximum Gasteiger partial charge on any atom is 0.243 e. The summed E-state index contributed by atoms with van der Waals surface area (Å²) in [5, 5.41) is 5.14. The van der Waals surface area contributed by atoms with Gasteiger partial charge in [-0.25, -0.2) is 12.8 Å². The van der Waals surface area contributed by atoms with Crippen molar-refractivity contribution in [2.24, 2.45) is 5.92 Å². The van der Waals surface area contributed by atoms with E-state index in [1.54, 1.807) is 6.92 Å². The molecule has 1 atom stereocenters. The minimum Gasteiger partial charge on any atom is -0.354 e. The van der Waals surface area contributed by atoms with Gasteiger partial charge in [0.1, 0.15) is 11.9 Å². The van der Waals surface area contributed by atoms with Crippen molar-refractivity contribution in [3.63, 3.8) is 0 Å². The summed E-state index contributed by atoms with van der Waals surface area (Å²) in [7, 11) is -3.81. The van der Waals surface area contributed by atoms with Gasteiger partial charge in [0.2, 0.25) is 21.8 Å². The Balaban J connectivity index is 1.93. The van der Waals surface area contributed by atoms with Gasteiger partial charge in [0, 0.05) is 25.6 Å². The summed E-state index contributed by atoms with van der Waals surface area (Å²) >= 11 is 5.69. The summed E-state index contributed by atoms with van der Waals surface area (Å²) in [5.74, 6) is -1.57. The van der Waals surface area contributed by atoms with Crippen LogP contribution < -0.4 is 10.6 Å². The van der Waals surface area contributed by atoms with E-state index in [1.807, 2.05) is 6.92 Å². The minimum atomic E-state index is -3.81. The van der Waals surface area contributed by atoms with Gasteiger partial charge in [0.05, 0.1) is 9.92 Å². The summed E-state index contributed by atoms with van der Waals surface area (Å²) in [4.78, 5) is 24.2. The molecule has 2 amide bonds. The summed E-state index contributed by atoms with van der Waals surface area (Å²) in [6.45, 7) is 4.41. The molecule has 1 aromatic carbocycles. The lowest BCUT2D eigenvalue weighted by atomic mass is 9.97. The molecule has 156 valence electrons. The third-order valence-corrected chi connectivity index (χ3v) is 6.84. The first-order valence-electron chi connectivity index (χ1n) is 9.20. The Morgan fingerprint density at radius 3 is 2.54 bits per heavy atom. The molecule has 1 saturated heterocycles. The summed E-state index contributed by atoms with van der Waals surface area (Å²) < 4.78 is 39.9. The molecular weight excluding hydrogens is 409 g/mol. The third-order valence-electron chi connectivity index (χ3n) is 4.65. The van der Waals surface area contributed by atoms with Crippen LogP contribution in [0.1, 0.15) is 33.1 Å². The van der Waals surface area contributed by atoms with Crippen LogP contribution in [0, 0.1) is 11.7 Å².